The molecule has 1 aromatic carbocycles. The summed E-state index contributed by atoms with van der Waals surface area (Å²) in [7, 11) is 0. The van der Waals surface area contributed by atoms with Gasteiger partial charge < -0.3 is 9.30 Å². The number of nitrogens with zero attached hydrogens (tertiary/aromatic N) is 4. The van der Waals surface area contributed by atoms with Crippen molar-refractivity contribution in [2.24, 2.45) is 10.9 Å². The van der Waals surface area contributed by atoms with E-state index in [4.69, 9.17) is 9.72 Å². The van der Waals surface area contributed by atoms with E-state index in [1.165, 1.54) is 10.5 Å². The van der Waals surface area contributed by atoms with Crippen molar-refractivity contribution < 1.29 is 14.3 Å². The van der Waals surface area contributed by atoms with Crippen molar-refractivity contribution in [2.75, 3.05) is 6.61 Å². The van der Waals surface area contributed by atoms with Gasteiger partial charge in [0.25, 0.3) is 5.56 Å². The summed E-state index contributed by atoms with van der Waals surface area (Å²) in [5.41, 5.74) is 1.79. The van der Waals surface area contributed by atoms with Gasteiger partial charge in [-0.1, -0.05) is 50.2 Å². The minimum Gasteiger partial charge on any atom is -0.462 e. The predicted octanol–water partition coefficient (Wildman–Crippen LogP) is 3.54. The molecule has 3 heterocycles. The number of ether oxygens (including phenoxy) is 1. The van der Waals surface area contributed by atoms with Gasteiger partial charge in [0.15, 0.2) is 5.49 Å². The fourth-order valence-corrected chi connectivity index (χ4v) is 3.97. The van der Waals surface area contributed by atoms with Gasteiger partial charge in [-0.3, -0.25) is 14.0 Å². The Balaban J connectivity index is 2.05. The summed E-state index contributed by atoms with van der Waals surface area (Å²) in [5, 5.41) is 0.250. The number of hydrogen-bond acceptors (Lipinski definition) is 5. The van der Waals surface area contributed by atoms with E-state index < -0.39 is 5.97 Å². The number of aryl methyl sites for hydroxylation is 2. The molecule has 0 aliphatic carbocycles. The number of hydrogen-bond donors (Lipinski definition) is 0. The van der Waals surface area contributed by atoms with Crippen molar-refractivity contribution in [1.82, 2.24) is 14.0 Å². The maximum Gasteiger partial charge on any atom is 0.341 e. The molecule has 4 aromatic rings. The Morgan fingerprint density at radius 1 is 1.09 bits per heavy atom. The van der Waals surface area contributed by atoms with Gasteiger partial charge in [0.1, 0.15) is 16.9 Å². The SMILES string of the molecule is CCOC(=O)c1cc2c(=O)n3ccccc3nc2n(CCc2ccccc2)c1=NC(=O)CC(C)C. The summed E-state index contributed by atoms with van der Waals surface area (Å²) in [5.74, 6) is -0.894. The molecule has 180 valence electrons. The van der Waals surface area contributed by atoms with Gasteiger partial charge in [-0.2, -0.15) is 4.99 Å². The monoisotopic (exact) mass is 472 g/mol. The number of aromatic nitrogens is 3. The molecular weight excluding hydrogens is 444 g/mol. The zero-order valence-corrected chi connectivity index (χ0v) is 20.1. The second-order valence-corrected chi connectivity index (χ2v) is 8.68. The number of fused-ring (bicyclic) bond motifs is 2. The van der Waals surface area contributed by atoms with Crippen LogP contribution in [0.1, 0.15) is 43.1 Å². The van der Waals surface area contributed by atoms with Crippen molar-refractivity contribution in [3.8, 4) is 0 Å². The van der Waals surface area contributed by atoms with Gasteiger partial charge in [-0.05, 0) is 43.0 Å². The summed E-state index contributed by atoms with van der Waals surface area (Å²) in [6.07, 6.45) is 2.45. The maximum atomic E-state index is 13.4. The highest BCUT2D eigenvalue weighted by molar-refractivity contribution is 5.93. The molecular formula is C27H28N4O4. The molecule has 0 fully saturated rings. The van der Waals surface area contributed by atoms with Gasteiger partial charge in [-0.15, -0.1) is 0 Å². The number of carbonyl (C=O) groups excluding carboxylic acids is 2. The van der Waals surface area contributed by atoms with Crippen molar-refractivity contribution in [3.63, 3.8) is 0 Å². The highest BCUT2D eigenvalue weighted by Crippen LogP contribution is 2.13. The van der Waals surface area contributed by atoms with E-state index in [1.807, 2.05) is 44.2 Å². The smallest absolute Gasteiger partial charge is 0.341 e. The molecule has 1 amide bonds. The van der Waals surface area contributed by atoms with Crippen LogP contribution in [-0.2, 0) is 22.5 Å². The van der Waals surface area contributed by atoms with E-state index in [9.17, 15) is 14.4 Å². The number of esters is 1. The van der Waals surface area contributed by atoms with Crippen molar-refractivity contribution in [3.05, 3.63) is 87.8 Å². The number of carbonyl (C=O) groups is 2. The van der Waals surface area contributed by atoms with Gasteiger partial charge >= 0.3 is 5.97 Å². The van der Waals surface area contributed by atoms with Crippen LogP contribution >= 0.6 is 0 Å². The molecule has 0 saturated carbocycles. The zero-order chi connectivity index (χ0) is 24.9. The van der Waals surface area contributed by atoms with E-state index in [0.717, 1.165) is 5.56 Å². The van der Waals surface area contributed by atoms with Crippen LogP contribution in [0.3, 0.4) is 0 Å². The standard InChI is InChI=1S/C27H28N4O4/c1-4-35-27(34)21-17-20-24(28-22-12-8-9-14-30(22)26(20)33)31(15-13-19-10-6-5-7-11-19)25(21)29-23(32)16-18(2)3/h5-12,14,17-18H,4,13,15-16H2,1-3H3. The number of pyridine rings is 2. The number of rotatable bonds is 7. The molecule has 0 N–H and O–H groups in total. The molecule has 0 atom stereocenters. The van der Waals surface area contributed by atoms with Crippen LogP contribution in [0.25, 0.3) is 16.7 Å². The Morgan fingerprint density at radius 2 is 1.83 bits per heavy atom. The topological polar surface area (TPSA) is 95.0 Å². The average molecular weight is 473 g/mol. The van der Waals surface area contributed by atoms with Crippen molar-refractivity contribution in [1.29, 1.82) is 0 Å². The van der Waals surface area contributed by atoms with Crippen LogP contribution in [0.4, 0.5) is 0 Å². The highest BCUT2D eigenvalue weighted by atomic mass is 16.5. The molecule has 0 radical (unpaired) electrons. The molecule has 8 nitrogen and oxygen atoms in total. The summed E-state index contributed by atoms with van der Waals surface area (Å²) in [6, 6.07) is 16.6. The molecule has 0 bridgehead atoms. The van der Waals surface area contributed by atoms with E-state index in [-0.39, 0.29) is 46.8 Å². The first-order valence-corrected chi connectivity index (χ1v) is 11.7. The minimum atomic E-state index is -0.642. The lowest BCUT2D eigenvalue weighted by molar-refractivity contribution is -0.118. The van der Waals surface area contributed by atoms with Gasteiger partial charge in [-0.25, -0.2) is 9.78 Å². The summed E-state index contributed by atoms with van der Waals surface area (Å²) in [4.78, 5) is 48.2. The Labute approximate surface area is 202 Å². The van der Waals surface area contributed by atoms with Gasteiger partial charge in [0.05, 0.1) is 12.0 Å². The van der Waals surface area contributed by atoms with E-state index in [2.05, 4.69) is 4.99 Å². The molecule has 0 spiro atoms. The van der Waals surface area contributed by atoms with Crippen LogP contribution in [-0.4, -0.2) is 32.4 Å². The lowest BCUT2D eigenvalue weighted by Crippen LogP contribution is -2.33. The van der Waals surface area contributed by atoms with E-state index >= 15 is 0 Å². The zero-order valence-electron chi connectivity index (χ0n) is 20.1. The Kier molecular flexibility index (Phi) is 7.19. The second-order valence-electron chi connectivity index (χ2n) is 8.68. The quantitative estimate of drug-likeness (QED) is 0.303. The first kappa shape index (κ1) is 24.1. The average Bonchev–Trinajstić information content (AvgIpc) is 2.83. The van der Waals surface area contributed by atoms with E-state index in [0.29, 0.717) is 24.3 Å². The lowest BCUT2D eigenvalue weighted by Gasteiger charge is -2.15. The predicted molar refractivity (Wildman–Crippen MR) is 133 cm³/mol. The normalized spacial score (nSPS) is 11.9. The summed E-state index contributed by atoms with van der Waals surface area (Å²) in [6.45, 7) is 6.07. The number of amides is 1. The van der Waals surface area contributed by atoms with Crippen LogP contribution in [0.15, 0.2) is 70.6 Å². The first-order chi connectivity index (χ1) is 16.9. The molecule has 0 aliphatic rings. The highest BCUT2D eigenvalue weighted by Gasteiger charge is 2.20. The van der Waals surface area contributed by atoms with Crippen LogP contribution in [0, 0.1) is 5.92 Å². The Hall–Kier alpha value is -4.07. The molecule has 0 saturated heterocycles. The third-order valence-electron chi connectivity index (χ3n) is 5.57. The van der Waals surface area contributed by atoms with E-state index in [1.54, 1.807) is 35.9 Å². The fraction of sp³-hybridized carbons (Fsp3) is 0.296. The third-order valence-corrected chi connectivity index (χ3v) is 5.57. The lowest BCUT2D eigenvalue weighted by atomic mass is 10.1. The van der Waals surface area contributed by atoms with Gasteiger partial charge in [0, 0.05) is 19.2 Å². The molecule has 4 rings (SSSR count). The Morgan fingerprint density at radius 3 is 2.54 bits per heavy atom. The summed E-state index contributed by atoms with van der Waals surface area (Å²) >= 11 is 0. The number of benzene rings is 1. The molecule has 0 unspecified atom stereocenters. The molecule has 35 heavy (non-hydrogen) atoms. The minimum absolute atomic E-state index is 0.0688. The molecule has 8 heteroatoms. The van der Waals surface area contributed by atoms with Gasteiger partial charge in [0.2, 0.25) is 5.91 Å². The summed E-state index contributed by atoms with van der Waals surface area (Å²) < 4.78 is 8.40. The fourth-order valence-electron chi connectivity index (χ4n) is 3.97. The van der Waals surface area contributed by atoms with Crippen LogP contribution in [0.5, 0.6) is 0 Å². The molecule has 0 aliphatic heterocycles. The third kappa shape index (κ3) is 5.21. The second kappa shape index (κ2) is 10.5. The van der Waals surface area contributed by atoms with Crippen molar-refractivity contribution >= 4 is 28.6 Å². The van der Waals surface area contributed by atoms with Crippen molar-refractivity contribution in [2.45, 2.75) is 40.2 Å². The van der Waals surface area contributed by atoms with Crippen LogP contribution < -0.4 is 11.0 Å². The Bertz CT molecular complexity index is 1520. The maximum absolute atomic E-state index is 13.4. The van der Waals surface area contributed by atoms with Crippen LogP contribution in [0.2, 0.25) is 0 Å². The largest absolute Gasteiger partial charge is 0.462 e. The molecule has 3 aromatic heterocycles. The first-order valence-electron chi connectivity index (χ1n) is 11.7.